The van der Waals surface area contributed by atoms with E-state index in [1.54, 1.807) is 55.5 Å². The number of nitrogens with one attached hydrogen (secondary N) is 1. The lowest BCUT2D eigenvalue weighted by Gasteiger charge is -2.20. The molecule has 0 fully saturated rings. The first kappa shape index (κ1) is 25.7. The van der Waals surface area contributed by atoms with Crippen LogP contribution in [0.5, 0.6) is 0 Å². The molecule has 0 bridgehead atoms. The third kappa shape index (κ3) is 5.24. The number of amides is 1. The van der Waals surface area contributed by atoms with E-state index >= 15 is 0 Å². The number of carbonyl (C=O) groups excluding carboxylic acids is 2. The lowest BCUT2D eigenvalue weighted by molar-refractivity contribution is -0.124. The van der Waals surface area contributed by atoms with Crippen molar-refractivity contribution in [1.82, 2.24) is 4.57 Å². The molecule has 1 aromatic heterocycles. The molecule has 1 unspecified atom stereocenters. The van der Waals surface area contributed by atoms with E-state index in [9.17, 15) is 24.3 Å². The number of pyridine rings is 1. The molecule has 4 aromatic rings. The molecular formula is C28H23ClN2O6. The predicted molar refractivity (Wildman–Crippen MR) is 141 cm³/mol. The molecule has 0 aliphatic heterocycles. The van der Waals surface area contributed by atoms with E-state index in [1.807, 2.05) is 0 Å². The minimum Gasteiger partial charge on any atom is -0.478 e. The summed E-state index contributed by atoms with van der Waals surface area (Å²) in [5.74, 6) is -2.62. The molecular weight excluding hydrogens is 496 g/mol. The second kappa shape index (κ2) is 10.7. The fourth-order valence-corrected chi connectivity index (χ4v) is 4.20. The van der Waals surface area contributed by atoms with Crippen molar-refractivity contribution in [3.8, 4) is 11.1 Å². The van der Waals surface area contributed by atoms with Crippen LogP contribution < -0.4 is 10.9 Å². The van der Waals surface area contributed by atoms with Crippen LogP contribution in [0, 0.1) is 0 Å². The van der Waals surface area contributed by atoms with E-state index in [4.69, 9.17) is 16.3 Å². The number of anilines is 1. The maximum atomic E-state index is 13.5. The highest BCUT2D eigenvalue weighted by molar-refractivity contribution is 6.30. The van der Waals surface area contributed by atoms with Gasteiger partial charge in [0.15, 0.2) is 6.10 Å². The number of nitrogens with zero attached hydrogens (tertiary/aromatic N) is 1. The van der Waals surface area contributed by atoms with Gasteiger partial charge in [-0.3, -0.25) is 9.59 Å². The maximum Gasteiger partial charge on any atom is 0.356 e. The molecule has 0 saturated heterocycles. The zero-order chi connectivity index (χ0) is 26.7. The van der Waals surface area contributed by atoms with Crippen molar-refractivity contribution >= 4 is 45.9 Å². The quantitative estimate of drug-likeness (QED) is 0.328. The Balaban J connectivity index is 1.73. The molecule has 37 heavy (non-hydrogen) atoms. The summed E-state index contributed by atoms with van der Waals surface area (Å²) < 4.78 is 6.83. The SMILES string of the molecule is CCC(OC(=O)c1c(-c2ccc(Cl)cc2)c2ccccc2c(=O)n1C)C(=O)Nc1cccc(C(=O)O)c1. The summed E-state index contributed by atoms with van der Waals surface area (Å²) in [5, 5.41) is 13.3. The number of carbonyl (C=O) groups is 3. The van der Waals surface area contributed by atoms with E-state index in [2.05, 4.69) is 5.32 Å². The number of halogens is 1. The average Bonchev–Trinajstić information content (AvgIpc) is 2.89. The molecule has 9 heteroatoms. The minimum absolute atomic E-state index is 0.00149. The van der Waals surface area contributed by atoms with Crippen molar-refractivity contribution in [2.45, 2.75) is 19.4 Å². The van der Waals surface area contributed by atoms with Crippen LogP contribution in [-0.4, -0.2) is 33.6 Å². The van der Waals surface area contributed by atoms with E-state index in [-0.39, 0.29) is 28.9 Å². The van der Waals surface area contributed by atoms with Crippen LogP contribution in [0.3, 0.4) is 0 Å². The van der Waals surface area contributed by atoms with Crippen molar-refractivity contribution in [3.63, 3.8) is 0 Å². The number of benzene rings is 3. The van der Waals surface area contributed by atoms with Gasteiger partial charge in [-0.1, -0.05) is 54.9 Å². The van der Waals surface area contributed by atoms with Gasteiger partial charge in [0.25, 0.3) is 11.5 Å². The Labute approximate surface area is 217 Å². The van der Waals surface area contributed by atoms with Gasteiger partial charge in [0.1, 0.15) is 5.69 Å². The molecule has 1 heterocycles. The standard InChI is InChI=1S/C28H23ClN2O6/c1-3-22(25(32)30-19-8-6-7-17(15-19)27(34)35)37-28(36)24-23(16-11-13-18(29)14-12-16)20-9-4-5-10-21(20)26(33)31(24)2/h4-15,22H,3H2,1-2H3,(H,30,32)(H,34,35). The van der Waals surface area contributed by atoms with Crippen LogP contribution in [0.25, 0.3) is 21.9 Å². The number of aromatic nitrogens is 1. The van der Waals surface area contributed by atoms with Gasteiger partial charge < -0.3 is 19.7 Å². The highest BCUT2D eigenvalue weighted by Gasteiger charge is 2.28. The van der Waals surface area contributed by atoms with Crippen molar-refractivity contribution in [2.24, 2.45) is 7.05 Å². The van der Waals surface area contributed by atoms with Gasteiger partial charge in [0, 0.05) is 28.7 Å². The molecule has 0 aliphatic rings. The van der Waals surface area contributed by atoms with E-state index in [1.165, 1.54) is 35.9 Å². The normalized spacial score (nSPS) is 11.6. The molecule has 0 radical (unpaired) electrons. The fraction of sp³-hybridized carbons (Fsp3) is 0.143. The topological polar surface area (TPSA) is 115 Å². The monoisotopic (exact) mass is 518 g/mol. The number of esters is 1. The second-order valence-electron chi connectivity index (χ2n) is 8.32. The van der Waals surface area contributed by atoms with Crippen molar-refractivity contribution in [1.29, 1.82) is 0 Å². The first-order valence-corrected chi connectivity index (χ1v) is 11.8. The zero-order valence-corrected chi connectivity index (χ0v) is 20.8. The number of fused-ring (bicyclic) bond motifs is 1. The predicted octanol–water partition coefficient (Wildman–Crippen LogP) is 5.13. The van der Waals surface area contributed by atoms with Gasteiger partial charge in [-0.25, -0.2) is 9.59 Å². The van der Waals surface area contributed by atoms with Crippen molar-refractivity contribution in [2.75, 3.05) is 5.32 Å². The molecule has 0 saturated carbocycles. The Hall–Kier alpha value is -4.43. The molecule has 2 N–H and O–H groups in total. The summed E-state index contributed by atoms with van der Waals surface area (Å²) >= 11 is 6.07. The van der Waals surface area contributed by atoms with Gasteiger partial charge in [-0.15, -0.1) is 0 Å². The van der Waals surface area contributed by atoms with Crippen molar-refractivity contribution < 1.29 is 24.2 Å². The van der Waals surface area contributed by atoms with Crippen LogP contribution in [0.2, 0.25) is 5.02 Å². The third-order valence-corrected chi connectivity index (χ3v) is 6.17. The number of rotatable bonds is 7. The summed E-state index contributed by atoms with van der Waals surface area (Å²) in [7, 11) is 1.48. The molecule has 188 valence electrons. The summed E-state index contributed by atoms with van der Waals surface area (Å²) in [6.07, 6.45) is -1.05. The molecule has 3 aromatic carbocycles. The lowest BCUT2D eigenvalue weighted by atomic mass is 9.96. The average molecular weight is 519 g/mol. The molecule has 1 amide bonds. The van der Waals surface area contributed by atoms with Crippen LogP contribution >= 0.6 is 11.6 Å². The fourth-order valence-electron chi connectivity index (χ4n) is 4.07. The van der Waals surface area contributed by atoms with E-state index in [0.717, 1.165) is 0 Å². The largest absolute Gasteiger partial charge is 0.478 e. The van der Waals surface area contributed by atoms with Gasteiger partial charge in [-0.2, -0.15) is 0 Å². The van der Waals surface area contributed by atoms with Crippen molar-refractivity contribution in [3.05, 3.63) is 99.4 Å². The smallest absolute Gasteiger partial charge is 0.356 e. The summed E-state index contributed by atoms with van der Waals surface area (Å²) in [4.78, 5) is 50.8. The minimum atomic E-state index is -1.19. The van der Waals surface area contributed by atoms with Crippen LogP contribution in [-0.2, 0) is 16.6 Å². The lowest BCUT2D eigenvalue weighted by Crippen LogP contribution is -2.34. The Kier molecular flexibility index (Phi) is 7.40. The number of hydrogen-bond donors (Lipinski definition) is 2. The Bertz CT molecular complexity index is 1580. The molecule has 1 atom stereocenters. The van der Waals surface area contributed by atoms with Gasteiger partial charge in [0.05, 0.1) is 5.56 Å². The van der Waals surface area contributed by atoms with Crippen LogP contribution in [0.15, 0.2) is 77.6 Å². The molecule has 4 rings (SSSR count). The third-order valence-electron chi connectivity index (χ3n) is 5.92. The number of ether oxygens (including phenoxy) is 1. The highest BCUT2D eigenvalue weighted by atomic mass is 35.5. The first-order valence-electron chi connectivity index (χ1n) is 11.4. The number of carboxylic acids is 1. The van der Waals surface area contributed by atoms with Gasteiger partial charge >= 0.3 is 11.9 Å². The number of carboxylic acid groups (broad SMARTS) is 1. The summed E-state index contributed by atoms with van der Waals surface area (Å²) in [5.41, 5.74) is 0.976. The van der Waals surface area contributed by atoms with Crippen LogP contribution in [0.1, 0.15) is 34.2 Å². The van der Waals surface area contributed by atoms with Crippen LogP contribution in [0.4, 0.5) is 5.69 Å². The number of hydrogen-bond acceptors (Lipinski definition) is 5. The zero-order valence-electron chi connectivity index (χ0n) is 20.0. The van der Waals surface area contributed by atoms with E-state index < -0.39 is 23.9 Å². The van der Waals surface area contributed by atoms with E-state index in [0.29, 0.717) is 26.9 Å². The van der Waals surface area contributed by atoms with Gasteiger partial charge in [0.2, 0.25) is 0 Å². The second-order valence-corrected chi connectivity index (χ2v) is 8.75. The Morgan fingerprint density at radius 1 is 1.00 bits per heavy atom. The Morgan fingerprint density at radius 2 is 1.68 bits per heavy atom. The Morgan fingerprint density at radius 3 is 2.32 bits per heavy atom. The highest BCUT2D eigenvalue weighted by Crippen LogP contribution is 2.32. The first-order chi connectivity index (χ1) is 17.7. The summed E-state index contributed by atoms with van der Waals surface area (Å²) in [6, 6.07) is 19.5. The number of aromatic carboxylic acids is 1. The molecule has 8 nitrogen and oxygen atoms in total. The molecule has 0 spiro atoms. The summed E-state index contributed by atoms with van der Waals surface area (Å²) in [6.45, 7) is 1.67. The van der Waals surface area contributed by atoms with Gasteiger partial charge in [-0.05, 0) is 53.8 Å². The molecule has 0 aliphatic carbocycles. The maximum absolute atomic E-state index is 13.5.